The van der Waals surface area contributed by atoms with Crippen LogP contribution < -0.4 is 10.0 Å². The normalized spacial score (nSPS) is 12.3. The molecule has 3 rings (SSSR count). The lowest BCUT2D eigenvalue weighted by molar-refractivity contribution is -0.115. The number of hydrogen-bond acceptors (Lipinski definition) is 5. The molecular weight excluding hydrogens is 487 g/mol. The third-order valence-corrected chi connectivity index (χ3v) is 6.56. The Labute approximate surface area is 199 Å². The van der Waals surface area contributed by atoms with Crippen LogP contribution in [0.5, 0.6) is 0 Å². The second-order valence-corrected chi connectivity index (χ2v) is 10.2. The molecule has 0 saturated carbocycles. The van der Waals surface area contributed by atoms with E-state index in [0.29, 0.717) is 11.6 Å². The third kappa shape index (κ3) is 6.67. The van der Waals surface area contributed by atoms with Crippen LogP contribution in [-0.2, 0) is 21.2 Å². The molecule has 0 fully saturated rings. The van der Waals surface area contributed by atoms with E-state index < -0.39 is 21.4 Å². The van der Waals surface area contributed by atoms with Gasteiger partial charge in [0.1, 0.15) is 5.01 Å². The van der Waals surface area contributed by atoms with E-state index in [4.69, 9.17) is 0 Å². The molecule has 3 aromatic rings. The summed E-state index contributed by atoms with van der Waals surface area (Å²) in [7, 11) is -5.60. The van der Waals surface area contributed by atoms with Gasteiger partial charge in [-0.05, 0) is 41.3 Å². The van der Waals surface area contributed by atoms with E-state index in [1.54, 1.807) is 18.2 Å². The molecule has 0 unspecified atom stereocenters. The van der Waals surface area contributed by atoms with E-state index >= 15 is 0 Å². The molecule has 11 heteroatoms. The maximum absolute atomic E-state index is 12.7. The van der Waals surface area contributed by atoms with Crippen LogP contribution in [0, 0.1) is 0 Å². The topological polar surface area (TPSA) is 88.2 Å². The molecule has 6 nitrogen and oxygen atoms in total. The van der Waals surface area contributed by atoms with Gasteiger partial charge >= 0.3 is 15.5 Å². The van der Waals surface area contributed by atoms with E-state index in [1.165, 1.54) is 40.3 Å². The lowest BCUT2D eigenvalue weighted by Crippen LogP contribution is -2.30. The van der Waals surface area contributed by atoms with Gasteiger partial charge in [0.25, 0.3) is 0 Å². The molecule has 1 heterocycles. The molecule has 34 heavy (non-hydrogen) atoms. The Morgan fingerprint density at radius 3 is 2.53 bits per heavy atom. The van der Waals surface area contributed by atoms with Crippen molar-refractivity contribution in [3.63, 3.8) is 0 Å². The number of halogens is 3. The van der Waals surface area contributed by atoms with E-state index in [0.717, 1.165) is 16.3 Å². The van der Waals surface area contributed by atoms with Gasteiger partial charge in [0.2, 0.25) is 5.91 Å². The number of thiazole rings is 1. The molecule has 0 saturated heterocycles. The van der Waals surface area contributed by atoms with Crippen molar-refractivity contribution in [1.82, 2.24) is 4.98 Å². The number of para-hydroxylation sites is 1. The van der Waals surface area contributed by atoms with E-state index in [2.05, 4.69) is 24.1 Å². The van der Waals surface area contributed by atoms with Crippen molar-refractivity contribution >= 4 is 50.8 Å². The maximum Gasteiger partial charge on any atom is 0.516 e. The standard InChI is InChI=1S/C23H22F3N3O3S2/c1-15(2)20-14-33-22(28-20)11-10-16-6-5-8-18(12-16)27-21(30)13-17-7-3-4-9-19(17)29-34(31,32)23(24,25)26/h3-12,14-15,29H,13H2,1-2H3,(H,27,30). The van der Waals surface area contributed by atoms with E-state index in [9.17, 15) is 26.4 Å². The van der Waals surface area contributed by atoms with Gasteiger partial charge in [-0.3, -0.25) is 9.52 Å². The van der Waals surface area contributed by atoms with Crippen molar-refractivity contribution < 1.29 is 26.4 Å². The van der Waals surface area contributed by atoms with Gasteiger partial charge in [-0.15, -0.1) is 11.3 Å². The second-order valence-electron chi connectivity index (χ2n) is 7.66. The SMILES string of the molecule is CC(C)c1csc(C=Cc2cccc(NC(=O)Cc3ccccc3NS(=O)(=O)C(F)(F)F)c2)n1. The number of alkyl halides is 3. The summed E-state index contributed by atoms with van der Waals surface area (Å²) >= 11 is 1.53. The van der Waals surface area contributed by atoms with Crippen LogP contribution in [0.4, 0.5) is 24.5 Å². The highest BCUT2D eigenvalue weighted by Gasteiger charge is 2.46. The van der Waals surface area contributed by atoms with Crippen molar-refractivity contribution in [3.05, 3.63) is 75.7 Å². The predicted octanol–water partition coefficient (Wildman–Crippen LogP) is 5.88. The zero-order valence-electron chi connectivity index (χ0n) is 18.3. The van der Waals surface area contributed by atoms with Crippen LogP contribution >= 0.6 is 11.3 Å². The summed E-state index contributed by atoms with van der Waals surface area (Å²) in [5, 5.41) is 5.55. The van der Waals surface area contributed by atoms with Crippen LogP contribution in [0.1, 0.15) is 41.6 Å². The molecule has 2 aromatic carbocycles. The zero-order chi connectivity index (χ0) is 24.9. The van der Waals surface area contributed by atoms with Crippen molar-refractivity contribution in [2.24, 2.45) is 0 Å². The number of anilines is 2. The quantitative estimate of drug-likeness (QED) is 0.397. The van der Waals surface area contributed by atoms with Crippen LogP contribution in [0.15, 0.2) is 53.9 Å². The minimum Gasteiger partial charge on any atom is -0.326 e. The first kappa shape index (κ1) is 25.4. The smallest absolute Gasteiger partial charge is 0.326 e. The average molecular weight is 510 g/mol. The number of aromatic nitrogens is 1. The largest absolute Gasteiger partial charge is 0.516 e. The van der Waals surface area contributed by atoms with Gasteiger partial charge in [0, 0.05) is 11.1 Å². The Morgan fingerprint density at radius 2 is 1.85 bits per heavy atom. The summed E-state index contributed by atoms with van der Waals surface area (Å²) in [6, 6.07) is 12.4. The Morgan fingerprint density at radius 1 is 1.12 bits per heavy atom. The molecule has 2 N–H and O–H groups in total. The molecule has 0 aliphatic rings. The van der Waals surface area contributed by atoms with Gasteiger partial charge in [-0.1, -0.05) is 50.3 Å². The van der Waals surface area contributed by atoms with E-state index in [1.807, 2.05) is 23.6 Å². The third-order valence-electron chi connectivity index (χ3n) is 4.64. The minimum absolute atomic E-state index is 0.105. The van der Waals surface area contributed by atoms with Crippen LogP contribution in [-0.4, -0.2) is 24.8 Å². The lowest BCUT2D eigenvalue weighted by Gasteiger charge is -2.14. The van der Waals surface area contributed by atoms with Crippen molar-refractivity contribution in [2.75, 3.05) is 10.0 Å². The number of hydrogen-bond donors (Lipinski definition) is 2. The first-order valence-electron chi connectivity index (χ1n) is 10.1. The van der Waals surface area contributed by atoms with Gasteiger partial charge in [-0.2, -0.15) is 21.6 Å². The molecule has 0 bridgehead atoms. The molecule has 1 aromatic heterocycles. The number of sulfonamides is 1. The summed E-state index contributed by atoms with van der Waals surface area (Å²) in [4.78, 5) is 17.1. The first-order valence-corrected chi connectivity index (χ1v) is 12.5. The Kier molecular flexibility index (Phi) is 7.78. The van der Waals surface area contributed by atoms with Crippen LogP contribution in [0.25, 0.3) is 12.2 Å². The van der Waals surface area contributed by atoms with E-state index in [-0.39, 0.29) is 17.7 Å². The second kappa shape index (κ2) is 10.4. The molecule has 0 aliphatic carbocycles. The number of amides is 1. The Hall–Kier alpha value is -3.18. The summed E-state index contributed by atoms with van der Waals surface area (Å²) < 4.78 is 62.5. The van der Waals surface area contributed by atoms with Crippen molar-refractivity contribution in [3.8, 4) is 0 Å². The number of benzene rings is 2. The first-order chi connectivity index (χ1) is 15.9. The molecule has 0 radical (unpaired) electrons. The highest BCUT2D eigenvalue weighted by atomic mass is 32.2. The molecule has 0 aliphatic heterocycles. The fourth-order valence-corrected chi connectivity index (χ4v) is 4.36. The van der Waals surface area contributed by atoms with Gasteiger partial charge in [-0.25, -0.2) is 4.98 Å². The zero-order valence-corrected chi connectivity index (χ0v) is 19.9. The number of carbonyl (C=O) groups excluding carboxylic acids is 1. The average Bonchev–Trinajstić information content (AvgIpc) is 3.22. The lowest BCUT2D eigenvalue weighted by atomic mass is 10.1. The number of nitrogens with zero attached hydrogens (tertiary/aromatic N) is 1. The minimum atomic E-state index is -5.60. The molecule has 180 valence electrons. The summed E-state index contributed by atoms with van der Waals surface area (Å²) in [6.45, 7) is 4.14. The number of rotatable bonds is 8. The summed E-state index contributed by atoms with van der Waals surface area (Å²) in [5.41, 5.74) is -3.35. The molecule has 0 spiro atoms. The predicted molar refractivity (Wildman–Crippen MR) is 129 cm³/mol. The van der Waals surface area contributed by atoms with Gasteiger partial charge in [0.15, 0.2) is 0 Å². The van der Waals surface area contributed by atoms with Crippen LogP contribution in [0.3, 0.4) is 0 Å². The fourth-order valence-electron chi connectivity index (χ4n) is 2.88. The summed E-state index contributed by atoms with van der Waals surface area (Å²) in [6.07, 6.45) is 3.41. The van der Waals surface area contributed by atoms with Crippen LogP contribution in [0.2, 0.25) is 0 Å². The number of carbonyl (C=O) groups is 1. The summed E-state index contributed by atoms with van der Waals surface area (Å²) in [5.74, 6) is -0.174. The monoisotopic (exact) mass is 509 g/mol. The van der Waals surface area contributed by atoms with Gasteiger partial charge < -0.3 is 5.32 Å². The Balaban J connectivity index is 1.69. The van der Waals surface area contributed by atoms with Crippen molar-refractivity contribution in [1.29, 1.82) is 0 Å². The molecule has 1 amide bonds. The Bertz CT molecular complexity index is 1300. The van der Waals surface area contributed by atoms with Gasteiger partial charge in [0.05, 0.1) is 17.8 Å². The number of nitrogens with one attached hydrogen (secondary N) is 2. The fraction of sp³-hybridized carbons (Fsp3) is 0.217. The molecular formula is C23H22F3N3O3S2. The highest BCUT2D eigenvalue weighted by molar-refractivity contribution is 7.93. The maximum atomic E-state index is 12.7. The highest BCUT2D eigenvalue weighted by Crippen LogP contribution is 2.27. The molecule has 0 atom stereocenters. The van der Waals surface area contributed by atoms with Crippen molar-refractivity contribution in [2.45, 2.75) is 31.7 Å².